The number of piperidine rings is 1. The van der Waals surface area contributed by atoms with Crippen molar-refractivity contribution in [1.29, 1.82) is 0 Å². The maximum Gasteiger partial charge on any atom is 0.252 e. The molecule has 2 saturated heterocycles. The smallest absolute Gasteiger partial charge is 0.252 e. The van der Waals surface area contributed by atoms with Crippen LogP contribution in [0.2, 0.25) is 0 Å². The molecule has 2 aliphatic rings. The van der Waals surface area contributed by atoms with E-state index in [4.69, 9.17) is 10.5 Å². The van der Waals surface area contributed by atoms with Gasteiger partial charge in [-0.2, -0.15) is 0 Å². The molecule has 0 bridgehead atoms. The van der Waals surface area contributed by atoms with E-state index in [2.05, 4.69) is 32.2 Å². The van der Waals surface area contributed by atoms with Crippen molar-refractivity contribution in [3.05, 3.63) is 64.9 Å². The highest BCUT2D eigenvalue weighted by Crippen LogP contribution is 2.29. The fourth-order valence-electron chi connectivity index (χ4n) is 5.10. The number of aryl methyl sites for hydroxylation is 1. The molecular formula is C29H39N5O2. The molecule has 3 N–H and O–H groups in total. The molecule has 2 fully saturated rings. The molecule has 0 unspecified atom stereocenters. The Morgan fingerprint density at radius 2 is 1.92 bits per heavy atom. The standard InChI is InChI=1S/C29H39N5O2/c1-20-8-9-25(34-18-26(19-34)33-10-6-5-7-11-33)15-28(20)29(35)32-21(2)22-12-23(14-27(13-22)36-4)24(16-30)17-31-3/h8-9,12-17,21,26H,5-7,10-11,18-19,30H2,1-4H3,(H,32,35)/b24-16+,31-17?/t21-/m1/s1. The molecule has 36 heavy (non-hydrogen) atoms. The lowest BCUT2D eigenvalue weighted by atomic mass is 9.98. The Kier molecular flexibility index (Phi) is 8.31. The van der Waals surface area contributed by atoms with Crippen LogP contribution in [0.1, 0.15) is 59.3 Å². The Morgan fingerprint density at radius 1 is 1.17 bits per heavy atom. The minimum Gasteiger partial charge on any atom is -0.497 e. The van der Waals surface area contributed by atoms with Gasteiger partial charge < -0.3 is 20.7 Å². The van der Waals surface area contributed by atoms with E-state index in [9.17, 15) is 4.79 Å². The summed E-state index contributed by atoms with van der Waals surface area (Å²) in [7, 11) is 3.34. The van der Waals surface area contributed by atoms with Crippen molar-refractivity contribution in [3.8, 4) is 5.75 Å². The van der Waals surface area contributed by atoms with Crippen LogP contribution in [0.15, 0.2) is 47.6 Å². The number of carbonyl (C=O) groups excluding carboxylic acids is 1. The number of nitrogens with one attached hydrogen (secondary N) is 1. The summed E-state index contributed by atoms with van der Waals surface area (Å²) in [5.74, 6) is 0.621. The van der Waals surface area contributed by atoms with Crippen molar-refractivity contribution >= 4 is 23.4 Å². The van der Waals surface area contributed by atoms with Crippen molar-refractivity contribution in [2.75, 3.05) is 45.2 Å². The van der Waals surface area contributed by atoms with Crippen LogP contribution >= 0.6 is 0 Å². The van der Waals surface area contributed by atoms with Gasteiger partial charge in [-0.3, -0.25) is 14.7 Å². The molecule has 2 aromatic carbocycles. The third-order valence-corrected chi connectivity index (χ3v) is 7.39. The molecule has 0 aromatic heterocycles. The van der Waals surface area contributed by atoms with Gasteiger partial charge >= 0.3 is 0 Å². The number of nitrogens with two attached hydrogens (primary N) is 1. The van der Waals surface area contributed by atoms with Gasteiger partial charge in [0.1, 0.15) is 5.75 Å². The lowest BCUT2D eigenvalue weighted by molar-refractivity contribution is 0.0939. The van der Waals surface area contributed by atoms with Gasteiger partial charge in [0.05, 0.1) is 13.2 Å². The van der Waals surface area contributed by atoms with Crippen molar-refractivity contribution in [1.82, 2.24) is 10.2 Å². The quantitative estimate of drug-likeness (QED) is 0.544. The number of hydrogen-bond donors (Lipinski definition) is 2. The van der Waals surface area contributed by atoms with E-state index in [-0.39, 0.29) is 11.9 Å². The molecule has 2 aliphatic heterocycles. The average Bonchev–Trinajstić information content (AvgIpc) is 2.87. The van der Waals surface area contributed by atoms with Crippen LogP contribution in [0, 0.1) is 6.92 Å². The van der Waals surface area contributed by atoms with Crippen molar-refractivity contribution < 1.29 is 9.53 Å². The number of allylic oxidation sites excluding steroid dienone is 1. The van der Waals surface area contributed by atoms with Crippen LogP contribution in [0.4, 0.5) is 5.69 Å². The summed E-state index contributed by atoms with van der Waals surface area (Å²) < 4.78 is 5.51. The van der Waals surface area contributed by atoms with E-state index in [1.165, 1.54) is 38.6 Å². The first-order valence-corrected chi connectivity index (χ1v) is 12.9. The van der Waals surface area contributed by atoms with E-state index < -0.39 is 0 Å². The highest BCUT2D eigenvalue weighted by Gasteiger charge is 2.32. The number of anilines is 1. The molecular weight excluding hydrogens is 450 g/mol. The number of methoxy groups -OCH3 is 1. The van der Waals surface area contributed by atoms with Gasteiger partial charge in [-0.05, 0) is 86.8 Å². The number of likely N-dealkylation sites (tertiary alicyclic amines) is 1. The summed E-state index contributed by atoms with van der Waals surface area (Å²) >= 11 is 0. The summed E-state index contributed by atoms with van der Waals surface area (Å²) in [6.07, 6.45) is 7.22. The molecule has 0 aliphatic carbocycles. The predicted octanol–water partition coefficient (Wildman–Crippen LogP) is 4.17. The van der Waals surface area contributed by atoms with Gasteiger partial charge in [0.15, 0.2) is 0 Å². The number of carbonyl (C=O) groups is 1. The zero-order chi connectivity index (χ0) is 25.7. The van der Waals surface area contributed by atoms with Crippen molar-refractivity contribution in [3.63, 3.8) is 0 Å². The molecule has 192 valence electrons. The number of aliphatic imine (C=N–C) groups is 1. The zero-order valence-corrected chi connectivity index (χ0v) is 22.0. The molecule has 4 rings (SSSR count). The Morgan fingerprint density at radius 3 is 2.58 bits per heavy atom. The maximum atomic E-state index is 13.4. The summed E-state index contributed by atoms with van der Waals surface area (Å²) in [6, 6.07) is 12.5. The third kappa shape index (κ3) is 5.73. The van der Waals surface area contributed by atoms with Crippen LogP contribution in [0.3, 0.4) is 0 Å². The lowest BCUT2D eigenvalue weighted by Gasteiger charge is -2.48. The first-order valence-electron chi connectivity index (χ1n) is 12.9. The topological polar surface area (TPSA) is 83.2 Å². The molecule has 0 radical (unpaired) electrons. The van der Waals surface area contributed by atoms with Gasteiger partial charge in [0.2, 0.25) is 0 Å². The van der Waals surface area contributed by atoms with Crippen molar-refractivity contribution in [2.45, 2.75) is 45.2 Å². The summed E-state index contributed by atoms with van der Waals surface area (Å²) in [6.45, 7) is 8.47. The lowest BCUT2D eigenvalue weighted by Crippen LogP contribution is -2.60. The Hall–Kier alpha value is -3.32. The Balaban J connectivity index is 1.47. The van der Waals surface area contributed by atoms with Gasteiger partial charge in [-0.25, -0.2) is 0 Å². The van der Waals surface area contributed by atoms with E-state index >= 15 is 0 Å². The number of hydrogen-bond acceptors (Lipinski definition) is 6. The van der Waals surface area contributed by atoms with Gasteiger partial charge in [0.25, 0.3) is 5.91 Å². The monoisotopic (exact) mass is 489 g/mol. The first kappa shape index (κ1) is 25.8. The average molecular weight is 490 g/mol. The number of nitrogens with zero attached hydrogens (tertiary/aromatic N) is 3. The first-order chi connectivity index (χ1) is 17.4. The third-order valence-electron chi connectivity index (χ3n) is 7.39. The van der Waals surface area contributed by atoms with Crippen LogP contribution in [0.25, 0.3) is 5.57 Å². The second-order valence-electron chi connectivity index (χ2n) is 9.85. The Labute approximate surface area is 215 Å². The maximum absolute atomic E-state index is 13.4. The van der Waals surface area contributed by atoms with Crippen LogP contribution in [0.5, 0.6) is 5.75 Å². The number of ether oxygens (including phenoxy) is 1. The minimum absolute atomic E-state index is 0.0796. The van der Waals surface area contributed by atoms with Crippen LogP contribution in [-0.4, -0.2) is 63.4 Å². The highest BCUT2D eigenvalue weighted by atomic mass is 16.5. The number of benzene rings is 2. The van der Waals surface area contributed by atoms with E-state index in [1.807, 2.05) is 38.1 Å². The van der Waals surface area contributed by atoms with Gasteiger partial charge in [0, 0.05) is 55.4 Å². The molecule has 2 aromatic rings. The second kappa shape index (κ2) is 11.6. The molecule has 1 atom stereocenters. The number of rotatable bonds is 8. The van der Waals surface area contributed by atoms with Gasteiger partial charge in [-0.1, -0.05) is 12.5 Å². The summed E-state index contributed by atoms with van der Waals surface area (Å²) in [4.78, 5) is 22.4. The van der Waals surface area contributed by atoms with Crippen LogP contribution in [-0.2, 0) is 0 Å². The summed E-state index contributed by atoms with van der Waals surface area (Å²) in [5, 5.41) is 3.18. The minimum atomic E-state index is -0.223. The van der Waals surface area contributed by atoms with E-state index in [0.717, 1.165) is 41.0 Å². The molecule has 2 heterocycles. The fraction of sp³-hybridized carbons (Fsp3) is 0.448. The van der Waals surface area contributed by atoms with Crippen LogP contribution < -0.4 is 20.7 Å². The molecule has 1 amide bonds. The normalized spacial score (nSPS) is 18.2. The molecule has 7 heteroatoms. The van der Waals surface area contributed by atoms with Gasteiger partial charge in [-0.15, -0.1) is 0 Å². The molecule has 0 saturated carbocycles. The highest BCUT2D eigenvalue weighted by molar-refractivity contribution is 6.09. The van der Waals surface area contributed by atoms with E-state index in [0.29, 0.717) is 17.4 Å². The zero-order valence-electron chi connectivity index (χ0n) is 22.0. The second-order valence-corrected chi connectivity index (χ2v) is 9.85. The SMILES string of the molecule is CN=C/C(=C\N)c1cc(OC)cc([C@@H](C)NC(=O)c2cc(N3CC(N4CCCCC4)C3)ccc2C)c1. The largest absolute Gasteiger partial charge is 0.497 e. The predicted molar refractivity (Wildman–Crippen MR) is 148 cm³/mol. The fourth-order valence-corrected chi connectivity index (χ4v) is 5.10. The molecule has 0 spiro atoms. The van der Waals surface area contributed by atoms with Crippen molar-refractivity contribution in [2.24, 2.45) is 10.7 Å². The van der Waals surface area contributed by atoms with E-state index in [1.54, 1.807) is 20.4 Å². The molecule has 7 nitrogen and oxygen atoms in total. The summed E-state index contributed by atoms with van der Waals surface area (Å²) in [5.41, 5.74) is 11.2. The Bertz CT molecular complexity index is 1130. The number of amides is 1.